The van der Waals surface area contributed by atoms with Gasteiger partial charge in [0.2, 0.25) is 0 Å². The van der Waals surface area contributed by atoms with Gasteiger partial charge in [-0.15, -0.1) is 5.10 Å². The predicted octanol–water partition coefficient (Wildman–Crippen LogP) is 1.71. The van der Waals surface area contributed by atoms with Crippen molar-refractivity contribution in [3.63, 3.8) is 0 Å². The molecule has 1 aromatic carbocycles. The maximum atomic E-state index is 11.7. The summed E-state index contributed by atoms with van der Waals surface area (Å²) in [7, 11) is 3.63. The first-order valence-corrected chi connectivity index (χ1v) is 6.81. The maximum Gasteiger partial charge on any atom is 0.341 e. The second kappa shape index (κ2) is 5.84. The molecule has 0 radical (unpaired) electrons. The van der Waals surface area contributed by atoms with E-state index in [4.69, 9.17) is 0 Å². The molecule has 0 saturated carbocycles. The molecule has 23 heavy (non-hydrogen) atoms. The van der Waals surface area contributed by atoms with Crippen LogP contribution in [0.5, 0.6) is 0 Å². The van der Waals surface area contributed by atoms with Crippen molar-refractivity contribution in [1.29, 1.82) is 0 Å². The largest absolute Gasteiger partial charge is 0.477 e. The molecule has 0 aliphatic rings. The number of carboxylic acids is 1. The first kappa shape index (κ1) is 14.6. The van der Waals surface area contributed by atoms with Crippen LogP contribution in [0.1, 0.15) is 10.4 Å². The van der Waals surface area contributed by atoms with E-state index in [9.17, 15) is 9.90 Å². The highest BCUT2D eigenvalue weighted by Gasteiger charge is 2.20. The van der Waals surface area contributed by atoms with Crippen LogP contribution in [0.2, 0.25) is 0 Å². The van der Waals surface area contributed by atoms with E-state index < -0.39 is 5.97 Å². The molecule has 0 atom stereocenters. The minimum Gasteiger partial charge on any atom is -0.477 e. The molecule has 3 aromatic rings. The molecule has 2 heterocycles. The second-order valence-corrected chi connectivity index (χ2v) is 5.03. The Morgan fingerprint density at radius 3 is 2.70 bits per heavy atom. The lowest BCUT2D eigenvalue weighted by atomic mass is 10.1. The van der Waals surface area contributed by atoms with E-state index in [-0.39, 0.29) is 17.2 Å². The molecule has 116 valence electrons. The number of benzene rings is 1. The third-order valence-electron chi connectivity index (χ3n) is 3.04. The zero-order chi connectivity index (χ0) is 16.4. The lowest BCUT2D eigenvalue weighted by Crippen LogP contribution is -2.07. The highest BCUT2D eigenvalue weighted by molar-refractivity contribution is 6.00. The molecule has 0 aliphatic carbocycles. The summed E-state index contributed by atoms with van der Waals surface area (Å²) in [5.74, 6) is -0.939. The lowest BCUT2D eigenvalue weighted by Gasteiger charge is -2.05. The number of aromatic nitrogens is 4. The summed E-state index contributed by atoms with van der Waals surface area (Å²) < 4.78 is 1.32. The summed E-state index contributed by atoms with van der Waals surface area (Å²) in [4.78, 5) is 26.0. The van der Waals surface area contributed by atoms with E-state index >= 15 is 0 Å². The molecule has 0 amide bonds. The van der Waals surface area contributed by atoms with Crippen molar-refractivity contribution in [2.75, 3.05) is 14.1 Å². The van der Waals surface area contributed by atoms with Gasteiger partial charge in [-0.1, -0.05) is 30.3 Å². The molecule has 0 aliphatic heterocycles. The van der Waals surface area contributed by atoms with Crippen LogP contribution >= 0.6 is 0 Å². The quantitative estimate of drug-likeness (QED) is 0.582. The summed E-state index contributed by atoms with van der Waals surface area (Å²) in [6, 6.07) is 9.10. The Morgan fingerprint density at radius 2 is 2.04 bits per heavy atom. The van der Waals surface area contributed by atoms with Gasteiger partial charge in [0.1, 0.15) is 11.9 Å². The molecule has 0 spiro atoms. The summed E-state index contributed by atoms with van der Waals surface area (Å²) in [5, 5.41) is 13.7. The van der Waals surface area contributed by atoms with Gasteiger partial charge in [-0.3, -0.25) is 0 Å². The van der Waals surface area contributed by atoms with Gasteiger partial charge in [0.25, 0.3) is 5.95 Å². The van der Waals surface area contributed by atoms with E-state index in [0.717, 1.165) is 0 Å². The molecular formula is C15H14N6O2. The van der Waals surface area contributed by atoms with Crippen LogP contribution in [0.3, 0.4) is 0 Å². The van der Waals surface area contributed by atoms with Crippen molar-refractivity contribution < 1.29 is 9.90 Å². The Hall–Kier alpha value is -3.29. The topological polar surface area (TPSA) is 96.0 Å². The molecule has 8 nitrogen and oxygen atoms in total. The number of fused-ring (bicyclic) bond motifs is 1. The van der Waals surface area contributed by atoms with Gasteiger partial charge in [0, 0.05) is 19.7 Å². The number of aliphatic imine (C=N–C) groups is 1. The number of carbonyl (C=O) groups is 1. The first-order valence-electron chi connectivity index (χ1n) is 6.81. The predicted molar refractivity (Wildman–Crippen MR) is 85.0 cm³/mol. The Labute approximate surface area is 131 Å². The van der Waals surface area contributed by atoms with E-state index in [1.165, 1.54) is 10.8 Å². The zero-order valence-corrected chi connectivity index (χ0v) is 12.6. The Morgan fingerprint density at radius 1 is 1.30 bits per heavy atom. The van der Waals surface area contributed by atoms with Gasteiger partial charge >= 0.3 is 5.97 Å². The average molecular weight is 310 g/mol. The highest BCUT2D eigenvalue weighted by Crippen LogP contribution is 2.24. The fourth-order valence-electron chi connectivity index (χ4n) is 2.08. The maximum absolute atomic E-state index is 11.7. The molecule has 0 bridgehead atoms. The number of rotatable bonds is 4. The molecule has 2 aromatic heterocycles. The monoisotopic (exact) mass is 310 g/mol. The third kappa shape index (κ3) is 2.86. The van der Waals surface area contributed by atoms with Crippen LogP contribution < -0.4 is 0 Å². The Balaban J connectivity index is 2.20. The lowest BCUT2D eigenvalue weighted by molar-refractivity contribution is 0.0698. The van der Waals surface area contributed by atoms with Crippen molar-refractivity contribution in [3.8, 4) is 11.3 Å². The number of hydrogen-bond acceptors (Lipinski definition) is 5. The number of carboxylic acid groups (broad SMARTS) is 1. The number of aromatic carboxylic acids is 1. The van der Waals surface area contributed by atoms with E-state index in [2.05, 4.69) is 20.1 Å². The molecule has 8 heteroatoms. The van der Waals surface area contributed by atoms with Gasteiger partial charge in [-0.2, -0.15) is 9.50 Å². The summed E-state index contributed by atoms with van der Waals surface area (Å²) in [6.45, 7) is 0. The van der Waals surface area contributed by atoms with Crippen LogP contribution in [0.25, 0.3) is 16.9 Å². The summed E-state index contributed by atoms with van der Waals surface area (Å²) in [6.07, 6.45) is 2.98. The van der Waals surface area contributed by atoms with Crippen LogP contribution in [-0.4, -0.2) is 56.0 Å². The van der Waals surface area contributed by atoms with E-state index in [0.29, 0.717) is 11.3 Å². The standard InChI is InChI=1S/C15H14N6O2/c1-20(2)8-17-15-18-13-11(14(22)23)12(16-9-21(13)19-15)10-6-4-3-5-7-10/h3-9H,1-2H3,(H,22,23). The smallest absolute Gasteiger partial charge is 0.341 e. The highest BCUT2D eigenvalue weighted by atomic mass is 16.4. The van der Waals surface area contributed by atoms with Crippen LogP contribution in [-0.2, 0) is 0 Å². The minimum atomic E-state index is -1.11. The number of hydrogen-bond donors (Lipinski definition) is 1. The molecule has 0 unspecified atom stereocenters. The fraction of sp³-hybridized carbons (Fsp3) is 0.133. The van der Waals surface area contributed by atoms with Crippen LogP contribution in [0, 0.1) is 0 Å². The molecule has 3 rings (SSSR count). The van der Waals surface area contributed by atoms with Gasteiger partial charge in [0.15, 0.2) is 5.65 Å². The molecular weight excluding hydrogens is 296 g/mol. The summed E-state index contributed by atoms with van der Waals surface area (Å²) in [5.41, 5.74) is 1.25. The minimum absolute atomic E-state index is 0.00231. The van der Waals surface area contributed by atoms with Gasteiger partial charge in [0.05, 0.1) is 12.0 Å². The average Bonchev–Trinajstić information content (AvgIpc) is 2.95. The van der Waals surface area contributed by atoms with E-state index in [1.807, 2.05) is 32.3 Å². The number of nitrogens with zero attached hydrogens (tertiary/aromatic N) is 6. The first-order chi connectivity index (χ1) is 11.1. The van der Waals surface area contributed by atoms with Crippen molar-refractivity contribution in [2.45, 2.75) is 0 Å². The third-order valence-corrected chi connectivity index (χ3v) is 3.04. The summed E-state index contributed by atoms with van der Waals surface area (Å²) >= 11 is 0. The second-order valence-electron chi connectivity index (χ2n) is 5.03. The Kier molecular flexibility index (Phi) is 3.71. The van der Waals surface area contributed by atoms with Gasteiger partial charge in [-0.05, 0) is 0 Å². The van der Waals surface area contributed by atoms with Crippen molar-refractivity contribution in [3.05, 3.63) is 42.2 Å². The fourth-order valence-corrected chi connectivity index (χ4v) is 2.08. The molecule has 0 saturated heterocycles. The van der Waals surface area contributed by atoms with Crippen molar-refractivity contribution in [2.24, 2.45) is 4.99 Å². The van der Waals surface area contributed by atoms with Crippen molar-refractivity contribution in [1.82, 2.24) is 24.5 Å². The SMILES string of the molecule is CN(C)C=Nc1nc2c(C(=O)O)c(-c3ccccc3)ncn2n1. The Bertz CT molecular complexity index is 886. The zero-order valence-electron chi connectivity index (χ0n) is 12.6. The van der Waals surface area contributed by atoms with Crippen LogP contribution in [0.4, 0.5) is 5.95 Å². The molecule has 0 fully saturated rings. The van der Waals surface area contributed by atoms with Gasteiger partial charge in [-0.25, -0.2) is 14.8 Å². The van der Waals surface area contributed by atoms with Gasteiger partial charge < -0.3 is 10.0 Å². The van der Waals surface area contributed by atoms with E-state index in [1.54, 1.807) is 23.4 Å². The van der Waals surface area contributed by atoms with Crippen molar-refractivity contribution >= 4 is 23.9 Å². The molecule has 1 N–H and O–H groups in total. The van der Waals surface area contributed by atoms with Crippen LogP contribution in [0.15, 0.2) is 41.7 Å². The normalized spacial score (nSPS) is 11.2.